The molecule has 0 fully saturated rings. The van der Waals surface area contributed by atoms with Gasteiger partial charge in [0.05, 0.1) is 15.0 Å². The topological polar surface area (TPSA) is 52.4 Å². The predicted octanol–water partition coefficient (Wildman–Crippen LogP) is 5.38. The lowest BCUT2D eigenvalue weighted by Gasteiger charge is -2.11. The van der Waals surface area contributed by atoms with Gasteiger partial charge in [-0.15, -0.1) is 0 Å². The normalized spacial score (nSPS) is 10.4. The van der Waals surface area contributed by atoms with Crippen LogP contribution < -0.4 is 4.74 Å². The van der Waals surface area contributed by atoms with Crippen molar-refractivity contribution in [1.29, 1.82) is 0 Å². The molecule has 0 bridgehead atoms. The van der Waals surface area contributed by atoms with E-state index < -0.39 is 4.92 Å². The van der Waals surface area contributed by atoms with Crippen molar-refractivity contribution in [2.24, 2.45) is 0 Å². The summed E-state index contributed by atoms with van der Waals surface area (Å²) in [6.07, 6.45) is 0. The fraction of sp³-hybridized carbons (Fsp3) is 0.143. The number of hydrogen-bond donors (Lipinski definition) is 0. The summed E-state index contributed by atoms with van der Waals surface area (Å²) in [5, 5.41) is 12.1. The smallest absolute Gasteiger partial charge is 0.270 e. The first-order valence-electron chi connectivity index (χ1n) is 5.92. The number of alkyl halides is 1. The minimum atomic E-state index is -0.441. The summed E-state index contributed by atoms with van der Waals surface area (Å²) in [5.41, 5.74) is 1.47. The molecule has 0 atom stereocenters. The highest BCUT2D eigenvalue weighted by Crippen LogP contribution is 2.29. The number of nitro groups is 1. The Balaban J connectivity index is 2.20. The first-order chi connectivity index (χ1) is 10.0. The van der Waals surface area contributed by atoms with Crippen LogP contribution in [0.1, 0.15) is 11.1 Å². The number of rotatable bonds is 5. The summed E-state index contributed by atoms with van der Waals surface area (Å²) < 4.78 is 5.69. The van der Waals surface area contributed by atoms with Crippen molar-refractivity contribution in [3.8, 4) is 5.75 Å². The monoisotopic (exact) mass is 389 g/mol. The van der Waals surface area contributed by atoms with Crippen LogP contribution >= 0.6 is 39.1 Å². The zero-order chi connectivity index (χ0) is 15.4. The van der Waals surface area contributed by atoms with E-state index in [1.807, 2.05) is 6.07 Å². The highest BCUT2D eigenvalue weighted by atomic mass is 79.9. The molecule has 0 spiro atoms. The molecule has 0 aromatic heterocycles. The molecule has 7 heteroatoms. The third-order valence-electron chi connectivity index (χ3n) is 2.81. The Labute approximate surface area is 139 Å². The van der Waals surface area contributed by atoms with Gasteiger partial charge in [0, 0.05) is 28.6 Å². The zero-order valence-corrected chi connectivity index (χ0v) is 13.8. The van der Waals surface area contributed by atoms with Crippen LogP contribution in [0.2, 0.25) is 10.0 Å². The highest BCUT2D eigenvalue weighted by Gasteiger charge is 2.12. The van der Waals surface area contributed by atoms with Crippen LogP contribution in [0.3, 0.4) is 0 Å². The van der Waals surface area contributed by atoms with Gasteiger partial charge >= 0.3 is 0 Å². The number of benzene rings is 2. The van der Waals surface area contributed by atoms with Gasteiger partial charge in [-0.05, 0) is 12.1 Å². The molecule has 110 valence electrons. The van der Waals surface area contributed by atoms with Crippen LogP contribution in [0.15, 0.2) is 36.4 Å². The Morgan fingerprint density at radius 1 is 1.19 bits per heavy atom. The van der Waals surface area contributed by atoms with Crippen LogP contribution in [0.25, 0.3) is 0 Å². The van der Waals surface area contributed by atoms with Gasteiger partial charge < -0.3 is 4.74 Å². The van der Waals surface area contributed by atoms with Crippen molar-refractivity contribution >= 4 is 44.8 Å². The van der Waals surface area contributed by atoms with Crippen LogP contribution in [0.4, 0.5) is 5.69 Å². The Morgan fingerprint density at radius 2 is 1.95 bits per heavy atom. The van der Waals surface area contributed by atoms with Gasteiger partial charge in [-0.2, -0.15) is 0 Å². The molecule has 0 aliphatic heterocycles. The molecular weight excluding hydrogens is 381 g/mol. The molecule has 2 rings (SSSR count). The maximum Gasteiger partial charge on any atom is 0.270 e. The van der Waals surface area contributed by atoms with Crippen molar-refractivity contribution in [2.45, 2.75) is 11.9 Å². The number of nitrogens with zero attached hydrogens (tertiary/aromatic N) is 1. The van der Waals surface area contributed by atoms with Crippen LogP contribution in [0, 0.1) is 10.1 Å². The average molecular weight is 391 g/mol. The molecule has 0 amide bonds. The lowest BCUT2D eigenvalue weighted by Crippen LogP contribution is -1.99. The second kappa shape index (κ2) is 7.11. The molecule has 0 radical (unpaired) electrons. The van der Waals surface area contributed by atoms with Gasteiger partial charge in [0.15, 0.2) is 0 Å². The van der Waals surface area contributed by atoms with Gasteiger partial charge in [-0.3, -0.25) is 10.1 Å². The van der Waals surface area contributed by atoms with E-state index in [4.69, 9.17) is 27.9 Å². The largest absolute Gasteiger partial charge is 0.489 e. The van der Waals surface area contributed by atoms with E-state index in [1.165, 1.54) is 12.1 Å². The van der Waals surface area contributed by atoms with Crippen molar-refractivity contribution in [1.82, 2.24) is 0 Å². The van der Waals surface area contributed by atoms with E-state index >= 15 is 0 Å². The molecule has 0 saturated carbocycles. The molecule has 0 heterocycles. The standard InChI is InChI=1S/C14H10BrCl2NO3/c15-7-10-6-11(18(19)20)4-5-13(10)21-8-9-2-1-3-12(16)14(9)17/h1-6H,7-8H2. The molecule has 0 aliphatic carbocycles. The average Bonchev–Trinajstić information content (AvgIpc) is 2.48. The first-order valence-corrected chi connectivity index (χ1v) is 7.79. The van der Waals surface area contributed by atoms with E-state index in [0.29, 0.717) is 26.7 Å². The number of hydrogen-bond acceptors (Lipinski definition) is 3. The third kappa shape index (κ3) is 3.87. The number of halogens is 3. The summed E-state index contributed by atoms with van der Waals surface area (Å²) in [4.78, 5) is 10.3. The number of non-ortho nitro benzene ring substituents is 1. The molecule has 0 aliphatic rings. The Morgan fingerprint density at radius 3 is 2.62 bits per heavy atom. The molecule has 4 nitrogen and oxygen atoms in total. The second-order valence-electron chi connectivity index (χ2n) is 4.18. The van der Waals surface area contributed by atoms with Crippen molar-refractivity contribution < 1.29 is 9.66 Å². The van der Waals surface area contributed by atoms with Gasteiger partial charge in [0.25, 0.3) is 5.69 Å². The van der Waals surface area contributed by atoms with E-state index in [1.54, 1.807) is 18.2 Å². The minimum Gasteiger partial charge on any atom is -0.489 e. The first kappa shape index (κ1) is 16.1. The molecule has 2 aromatic rings. The lowest BCUT2D eigenvalue weighted by molar-refractivity contribution is -0.384. The molecule has 2 aromatic carbocycles. The summed E-state index contributed by atoms with van der Waals surface area (Å²) >= 11 is 15.3. The maximum atomic E-state index is 10.8. The van der Waals surface area contributed by atoms with Crippen LogP contribution in [-0.4, -0.2) is 4.92 Å². The third-order valence-corrected chi connectivity index (χ3v) is 4.28. The molecular formula is C14H10BrCl2NO3. The van der Waals surface area contributed by atoms with E-state index in [2.05, 4.69) is 15.9 Å². The zero-order valence-electron chi connectivity index (χ0n) is 10.7. The minimum absolute atomic E-state index is 0.0255. The Hall–Kier alpha value is -1.30. The summed E-state index contributed by atoms with van der Waals surface area (Å²) in [6.45, 7) is 0.233. The lowest BCUT2D eigenvalue weighted by atomic mass is 10.2. The molecule has 0 N–H and O–H groups in total. The molecule has 21 heavy (non-hydrogen) atoms. The number of nitro benzene ring substituents is 1. The van der Waals surface area contributed by atoms with Gasteiger partial charge in [-0.1, -0.05) is 51.3 Å². The van der Waals surface area contributed by atoms with Crippen LogP contribution in [-0.2, 0) is 11.9 Å². The van der Waals surface area contributed by atoms with Gasteiger partial charge in [-0.25, -0.2) is 0 Å². The van der Waals surface area contributed by atoms with Gasteiger partial charge in [0.1, 0.15) is 12.4 Å². The van der Waals surface area contributed by atoms with Gasteiger partial charge in [0.2, 0.25) is 0 Å². The van der Waals surface area contributed by atoms with E-state index in [0.717, 1.165) is 5.56 Å². The highest BCUT2D eigenvalue weighted by molar-refractivity contribution is 9.08. The Bertz CT molecular complexity index is 679. The number of ether oxygens (including phenoxy) is 1. The van der Waals surface area contributed by atoms with Crippen LogP contribution in [0.5, 0.6) is 5.75 Å². The quantitative estimate of drug-likeness (QED) is 0.391. The fourth-order valence-corrected chi connectivity index (χ4v) is 2.55. The molecule has 0 saturated heterocycles. The Kier molecular flexibility index (Phi) is 5.45. The fourth-order valence-electron chi connectivity index (χ4n) is 1.74. The predicted molar refractivity (Wildman–Crippen MR) is 86.5 cm³/mol. The van der Waals surface area contributed by atoms with Crippen molar-refractivity contribution in [3.05, 3.63) is 67.7 Å². The summed E-state index contributed by atoms with van der Waals surface area (Å²) in [6, 6.07) is 9.75. The summed E-state index contributed by atoms with van der Waals surface area (Å²) in [5.74, 6) is 0.563. The SMILES string of the molecule is O=[N+]([O-])c1ccc(OCc2cccc(Cl)c2Cl)c(CBr)c1. The maximum absolute atomic E-state index is 10.8. The van der Waals surface area contributed by atoms with Crippen molar-refractivity contribution in [3.63, 3.8) is 0 Å². The second-order valence-corrected chi connectivity index (χ2v) is 5.53. The van der Waals surface area contributed by atoms with E-state index in [-0.39, 0.29) is 12.3 Å². The summed E-state index contributed by atoms with van der Waals surface area (Å²) in [7, 11) is 0. The molecule has 0 unspecified atom stereocenters. The van der Waals surface area contributed by atoms with E-state index in [9.17, 15) is 10.1 Å². The van der Waals surface area contributed by atoms with Crippen molar-refractivity contribution in [2.75, 3.05) is 0 Å².